The van der Waals surface area contributed by atoms with Crippen molar-refractivity contribution in [3.63, 3.8) is 0 Å². The van der Waals surface area contributed by atoms with Crippen molar-refractivity contribution >= 4 is 21.6 Å². The first-order valence-electron chi connectivity index (χ1n) is 7.20. The molecule has 0 amide bonds. The lowest BCUT2D eigenvalue weighted by molar-refractivity contribution is 0.682. The zero-order valence-electron chi connectivity index (χ0n) is 12.2. The molecule has 3 aromatic rings. The van der Waals surface area contributed by atoms with Crippen molar-refractivity contribution in [3.8, 4) is 16.5 Å². The quantitative estimate of drug-likeness (QED) is 0.740. The third-order valence-corrected chi connectivity index (χ3v) is 4.57. The molecule has 0 atom stereocenters. The van der Waals surface area contributed by atoms with Crippen LogP contribution in [0, 0.1) is 11.3 Å². The highest BCUT2D eigenvalue weighted by Crippen LogP contribution is 2.31. The molecule has 0 unspecified atom stereocenters. The Morgan fingerprint density at radius 1 is 1.32 bits per heavy atom. The Morgan fingerprint density at radius 2 is 2.09 bits per heavy atom. The maximum atomic E-state index is 12.6. The summed E-state index contributed by atoms with van der Waals surface area (Å²) in [5.74, 6) is 0.697. The van der Waals surface area contributed by atoms with Crippen LogP contribution in [-0.2, 0) is 13.0 Å². The van der Waals surface area contributed by atoms with E-state index in [2.05, 4.69) is 11.1 Å². The summed E-state index contributed by atoms with van der Waals surface area (Å²) < 4.78 is 1.49. The number of aryl methyl sites for hydroxylation is 1. The van der Waals surface area contributed by atoms with Crippen molar-refractivity contribution in [2.24, 2.45) is 0 Å². The third-order valence-electron chi connectivity index (χ3n) is 3.49. The minimum atomic E-state index is -0.117. The Labute approximate surface area is 132 Å². The van der Waals surface area contributed by atoms with Crippen LogP contribution in [0.25, 0.3) is 20.7 Å². The number of nitrogens with zero attached hydrogens (tertiary/aromatic N) is 3. The Kier molecular flexibility index (Phi) is 4.03. The smallest absolute Gasteiger partial charge is 0.263 e. The molecule has 1 aromatic carbocycles. The lowest BCUT2D eigenvalue weighted by Crippen LogP contribution is -2.24. The number of rotatable bonds is 4. The number of benzene rings is 1. The molecule has 0 fully saturated rings. The molecule has 22 heavy (non-hydrogen) atoms. The van der Waals surface area contributed by atoms with Gasteiger partial charge >= 0.3 is 0 Å². The average Bonchev–Trinajstić information content (AvgIpc) is 2.97. The van der Waals surface area contributed by atoms with Crippen LogP contribution in [-0.4, -0.2) is 9.55 Å². The van der Waals surface area contributed by atoms with Gasteiger partial charge in [-0.25, -0.2) is 4.98 Å². The van der Waals surface area contributed by atoms with Gasteiger partial charge in [-0.2, -0.15) is 5.26 Å². The average molecular weight is 309 g/mol. The van der Waals surface area contributed by atoms with Crippen LogP contribution in [0.5, 0.6) is 0 Å². The van der Waals surface area contributed by atoms with Crippen LogP contribution < -0.4 is 5.56 Å². The van der Waals surface area contributed by atoms with Crippen molar-refractivity contribution < 1.29 is 0 Å². The van der Waals surface area contributed by atoms with E-state index < -0.39 is 0 Å². The summed E-state index contributed by atoms with van der Waals surface area (Å²) in [6.07, 6.45) is 1.59. The molecule has 2 heterocycles. The molecule has 0 N–H and O–H groups in total. The lowest BCUT2D eigenvalue weighted by atomic mass is 10.2. The van der Waals surface area contributed by atoms with Gasteiger partial charge in [0.1, 0.15) is 17.2 Å². The first kappa shape index (κ1) is 14.5. The Balaban J connectivity index is 2.22. The standard InChI is InChI=1S/C17H15N3OS/c1-2-6-15-19-16-13(17(21)20(15)10-9-18)11-14(22-16)12-7-4-3-5-8-12/h3-5,7-8,11H,2,6,10H2,1H3. The van der Waals surface area contributed by atoms with Gasteiger partial charge in [-0.1, -0.05) is 37.3 Å². The molecule has 3 rings (SSSR count). The summed E-state index contributed by atoms with van der Waals surface area (Å²) in [4.78, 5) is 19.0. The fourth-order valence-corrected chi connectivity index (χ4v) is 3.50. The lowest BCUT2D eigenvalue weighted by Gasteiger charge is -2.07. The fraction of sp³-hybridized carbons (Fsp3) is 0.235. The molecule has 0 saturated heterocycles. The van der Waals surface area contributed by atoms with E-state index in [0.717, 1.165) is 21.7 Å². The molecule has 0 spiro atoms. The minimum Gasteiger partial charge on any atom is -0.282 e. The molecule has 0 bridgehead atoms. The van der Waals surface area contributed by atoms with Crippen molar-refractivity contribution in [2.45, 2.75) is 26.3 Å². The monoisotopic (exact) mass is 309 g/mol. The zero-order chi connectivity index (χ0) is 15.5. The summed E-state index contributed by atoms with van der Waals surface area (Å²) >= 11 is 1.52. The van der Waals surface area contributed by atoms with E-state index in [1.54, 1.807) is 0 Å². The van der Waals surface area contributed by atoms with E-state index in [1.165, 1.54) is 15.9 Å². The second-order valence-electron chi connectivity index (χ2n) is 5.02. The maximum Gasteiger partial charge on any atom is 0.263 e. The molecule has 2 aromatic heterocycles. The van der Waals surface area contributed by atoms with E-state index in [4.69, 9.17) is 5.26 Å². The minimum absolute atomic E-state index is 0.0492. The predicted octanol–water partition coefficient (Wildman–Crippen LogP) is 3.60. The predicted molar refractivity (Wildman–Crippen MR) is 88.9 cm³/mol. The second-order valence-corrected chi connectivity index (χ2v) is 6.05. The molecule has 0 aliphatic rings. The molecule has 0 radical (unpaired) electrons. The van der Waals surface area contributed by atoms with Crippen LogP contribution in [0.2, 0.25) is 0 Å². The van der Waals surface area contributed by atoms with Crippen LogP contribution in [0.1, 0.15) is 19.2 Å². The summed E-state index contributed by atoms with van der Waals surface area (Å²) in [5, 5.41) is 9.55. The number of fused-ring (bicyclic) bond motifs is 1. The number of aromatic nitrogens is 2. The second kappa shape index (κ2) is 6.12. The summed E-state index contributed by atoms with van der Waals surface area (Å²) in [5.41, 5.74) is 0.960. The Hall–Kier alpha value is -2.45. The fourth-order valence-electron chi connectivity index (χ4n) is 2.45. The van der Waals surface area contributed by atoms with Gasteiger partial charge in [-0.15, -0.1) is 11.3 Å². The molecule has 0 aliphatic heterocycles. The SMILES string of the molecule is CCCc1nc2sc(-c3ccccc3)cc2c(=O)n1CC#N. The van der Waals surface area contributed by atoms with Gasteiger partial charge in [0.2, 0.25) is 0 Å². The maximum absolute atomic E-state index is 12.6. The summed E-state index contributed by atoms with van der Waals surface area (Å²) in [6.45, 7) is 2.09. The Morgan fingerprint density at radius 3 is 2.77 bits per heavy atom. The molecular formula is C17H15N3OS. The van der Waals surface area contributed by atoms with E-state index in [1.807, 2.05) is 43.3 Å². The number of thiophene rings is 1. The topological polar surface area (TPSA) is 58.7 Å². The normalized spacial score (nSPS) is 10.7. The first-order valence-corrected chi connectivity index (χ1v) is 8.02. The van der Waals surface area contributed by atoms with Crippen LogP contribution in [0.4, 0.5) is 0 Å². The van der Waals surface area contributed by atoms with Crippen molar-refractivity contribution in [2.75, 3.05) is 0 Å². The van der Waals surface area contributed by atoms with E-state index >= 15 is 0 Å². The molecule has 4 nitrogen and oxygen atoms in total. The van der Waals surface area contributed by atoms with Gasteiger partial charge in [0.15, 0.2) is 0 Å². The van der Waals surface area contributed by atoms with E-state index in [0.29, 0.717) is 17.6 Å². The summed E-state index contributed by atoms with van der Waals surface area (Å²) in [6, 6.07) is 13.9. The number of nitriles is 1. The van der Waals surface area contributed by atoms with Gasteiger partial charge in [0.25, 0.3) is 5.56 Å². The highest BCUT2D eigenvalue weighted by molar-refractivity contribution is 7.21. The van der Waals surface area contributed by atoms with Gasteiger partial charge in [-0.05, 0) is 18.1 Å². The highest BCUT2D eigenvalue weighted by Gasteiger charge is 2.14. The van der Waals surface area contributed by atoms with Gasteiger partial charge in [0.05, 0.1) is 11.5 Å². The molecular weight excluding hydrogens is 294 g/mol. The Bertz CT molecular complexity index is 903. The van der Waals surface area contributed by atoms with Crippen LogP contribution in [0.3, 0.4) is 0 Å². The molecule has 110 valence electrons. The van der Waals surface area contributed by atoms with Gasteiger partial charge < -0.3 is 0 Å². The van der Waals surface area contributed by atoms with Crippen LogP contribution in [0.15, 0.2) is 41.2 Å². The van der Waals surface area contributed by atoms with E-state index in [9.17, 15) is 4.79 Å². The van der Waals surface area contributed by atoms with Crippen molar-refractivity contribution in [1.82, 2.24) is 9.55 Å². The number of hydrogen-bond donors (Lipinski definition) is 0. The zero-order valence-corrected chi connectivity index (χ0v) is 13.1. The van der Waals surface area contributed by atoms with Crippen molar-refractivity contribution in [3.05, 3.63) is 52.6 Å². The summed E-state index contributed by atoms with van der Waals surface area (Å²) in [7, 11) is 0. The third kappa shape index (κ3) is 2.53. The highest BCUT2D eigenvalue weighted by atomic mass is 32.1. The van der Waals surface area contributed by atoms with Crippen LogP contribution >= 0.6 is 11.3 Å². The van der Waals surface area contributed by atoms with E-state index in [-0.39, 0.29) is 12.1 Å². The first-order chi connectivity index (χ1) is 10.7. The van der Waals surface area contributed by atoms with Crippen molar-refractivity contribution in [1.29, 1.82) is 5.26 Å². The van der Waals surface area contributed by atoms with Gasteiger partial charge in [-0.3, -0.25) is 9.36 Å². The van der Waals surface area contributed by atoms with Gasteiger partial charge in [0, 0.05) is 11.3 Å². The molecule has 0 aliphatic carbocycles. The largest absolute Gasteiger partial charge is 0.282 e. The molecule has 0 saturated carbocycles. The number of hydrogen-bond acceptors (Lipinski definition) is 4. The molecule has 5 heteroatoms.